The first kappa shape index (κ1) is 27.6. The van der Waals surface area contributed by atoms with E-state index in [1.165, 1.54) is 0 Å². The fourth-order valence-corrected chi connectivity index (χ4v) is 6.54. The van der Waals surface area contributed by atoms with Gasteiger partial charge in [0.25, 0.3) is 11.8 Å². The summed E-state index contributed by atoms with van der Waals surface area (Å²) < 4.78 is 18.8. The van der Waals surface area contributed by atoms with Crippen molar-refractivity contribution in [3.8, 4) is 0 Å². The molecule has 40 heavy (non-hydrogen) atoms. The Labute approximate surface area is 236 Å². The zero-order valence-corrected chi connectivity index (χ0v) is 23.8. The number of ether oxygens (including phenoxy) is 1. The Morgan fingerprint density at radius 2 is 1.75 bits per heavy atom. The van der Waals surface area contributed by atoms with E-state index in [0.29, 0.717) is 59.1 Å². The van der Waals surface area contributed by atoms with Crippen molar-refractivity contribution in [2.24, 2.45) is 0 Å². The fourth-order valence-electron chi connectivity index (χ4n) is 5.19. The van der Waals surface area contributed by atoms with E-state index in [0.717, 1.165) is 16.7 Å². The van der Waals surface area contributed by atoms with Crippen LogP contribution in [0.1, 0.15) is 57.2 Å². The van der Waals surface area contributed by atoms with Crippen LogP contribution in [0.3, 0.4) is 0 Å². The number of benzene rings is 3. The molecule has 3 amide bonds. The highest BCUT2D eigenvalue weighted by atomic mass is 32.2. The smallest absolute Gasteiger partial charge is 0.409 e. The number of aryl methyl sites for hydroxylation is 2. The van der Waals surface area contributed by atoms with Crippen molar-refractivity contribution in [3.63, 3.8) is 0 Å². The highest BCUT2D eigenvalue weighted by molar-refractivity contribution is 7.85. The minimum Gasteiger partial charge on any atom is -0.450 e. The Balaban J connectivity index is 1.45. The summed E-state index contributed by atoms with van der Waals surface area (Å²) in [6.07, 6.45) is 0.902. The molecule has 0 spiro atoms. The van der Waals surface area contributed by atoms with E-state index in [4.69, 9.17) is 4.74 Å². The van der Waals surface area contributed by atoms with E-state index in [1.54, 1.807) is 59.2 Å². The summed E-state index contributed by atoms with van der Waals surface area (Å²) in [4.78, 5) is 43.5. The van der Waals surface area contributed by atoms with Crippen LogP contribution in [0.15, 0.2) is 70.5 Å². The lowest BCUT2D eigenvalue weighted by Gasteiger charge is -2.31. The summed E-state index contributed by atoms with van der Waals surface area (Å²) in [5.74, 6) is -0.531. The lowest BCUT2D eigenvalue weighted by atomic mass is 10.0. The Hall–Kier alpha value is -3.98. The third kappa shape index (κ3) is 5.51. The number of nitrogens with zero attached hydrogens (tertiary/aromatic N) is 2. The molecule has 2 aliphatic rings. The predicted molar refractivity (Wildman–Crippen MR) is 153 cm³/mol. The number of anilines is 1. The first-order valence-corrected chi connectivity index (χ1v) is 14.7. The molecule has 0 saturated carbocycles. The van der Waals surface area contributed by atoms with Gasteiger partial charge in [0.05, 0.1) is 45.0 Å². The molecular weight excluding hydrogens is 526 g/mol. The molecule has 1 atom stereocenters. The van der Waals surface area contributed by atoms with Gasteiger partial charge >= 0.3 is 6.09 Å². The number of hydrogen-bond donors (Lipinski definition) is 1. The van der Waals surface area contributed by atoms with Crippen molar-refractivity contribution >= 4 is 34.4 Å². The van der Waals surface area contributed by atoms with E-state index in [1.807, 2.05) is 26.0 Å². The van der Waals surface area contributed by atoms with Gasteiger partial charge < -0.3 is 19.9 Å². The van der Waals surface area contributed by atoms with E-state index < -0.39 is 10.8 Å². The molecule has 2 heterocycles. The van der Waals surface area contributed by atoms with Crippen molar-refractivity contribution in [2.45, 2.75) is 56.0 Å². The molecule has 1 saturated heterocycles. The lowest BCUT2D eigenvalue weighted by molar-refractivity contribution is 0.0858. The number of rotatable bonds is 5. The number of nitrogens with one attached hydrogen (secondary N) is 1. The van der Waals surface area contributed by atoms with Crippen LogP contribution < -0.4 is 10.2 Å². The number of carbonyl (C=O) groups is 3. The summed E-state index contributed by atoms with van der Waals surface area (Å²) >= 11 is 0. The van der Waals surface area contributed by atoms with Crippen LogP contribution in [-0.2, 0) is 22.1 Å². The van der Waals surface area contributed by atoms with Gasteiger partial charge in [0.2, 0.25) is 0 Å². The zero-order chi connectivity index (χ0) is 28.4. The van der Waals surface area contributed by atoms with E-state index >= 15 is 0 Å². The van der Waals surface area contributed by atoms with Crippen LogP contribution in [0.2, 0.25) is 0 Å². The van der Waals surface area contributed by atoms with Crippen LogP contribution in [0, 0.1) is 13.8 Å². The molecule has 8 nitrogen and oxygen atoms in total. The molecule has 0 aromatic heterocycles. The summed E-state index contributed by atoms with van der Waals surface area (Å²) in [7, 11) is -1.60. The summed E-state index contributed by atoms with van der Waals surface area (Å²) in [5, 5.41) is 3.07. The molecular formula is C31H33N3O5S. The zero-order valence-electron chi connectivity index (χ0n) is 22.9. The maximum Gasteiger partial charge on any atom is 0.409 e. The van der Waals surface area contributed by atoms with Gasteiger partial charge in [-0.2, -0.15) is 0 Å². The fraction of sp³-hybridized carbons (Fsp3) is 0.323. The maximum atomic E-state index is 13.9. The van der Waals surface area contributed by atoms with Gasteiger partial charge in [-0.15, -0.1) is 0 Å². The van der Waals surface area contributed by atoms with Gasteiger partial charge in [0.15, 0.2) is 0 Å². The Morgan fingerprint density at radius 1 is 1.00 bits per heavy atom. The standard InChI is InChI=1S/C31H33N3O5S/c1-4-39-31(37)33-15-13-24(14-16-33)32-29(35)22-11-12-28-26(18-22)34(19-23-17-20(2)9-10-21(23)3)30(36)25-7-5-6-8-27(25)40(28)38/h5-12,17-18,24H,4,13-16,19H2,1-3H3,(H,32,35)/t40-/m0/s1. The van der Waals surface area contributed by atoms with Crippen LogP contribution in [0.4, 0.5) is 10.5 Å². The van der Waals surface area contributed by atoms with Gasteiger partial charge in [0, 0.05) is 24.7 Å². The molecule has 1 fully saturated rings. The molecule has 5 rings (SSSR count). The molecule has 1 N–H and O–H groups in total. The second-order valence-corrected chi connectivity index (χ2v) is 11.6. The molecule has 0 aliphatic carbocycles. The number of amides is 3. The first-order chi connectivity index (χ1) is 19.3. The van der Waals surface area contributed by atoms with Crippen LogP contribution >= 0.6 is 0 Å². The van der Waals surface area contributed by atoms with Crippen molar-refractivity contribution in [2.75, 3.05) is 24.6 Å². The number of hydrogen-bond acceptors (Lipinski definition) is 5. The molecule has 0 radical (unpaired) electrons. The van der Waals surface area contributed by atoms with E-state index in [2.05, 4.69) is 11.4 Å². The lowest BCUT2D eigenvalue weighted by Crippen LogP contribution is -2.46. The van der Waals surface area contributed by atoms with Gasteiger partial charge in [-0.05, 0) is 75.1 Å². The number of fused-ring (bicyclic) bond motifs is 2. The van der Waals surface area contributed by atoms with Crippen LogP contribution in [0.5, 0.6) is 0 Å². The average molecular weight is 560 g/mol. The Morgan fingerprint density at radius 3 is 2.50 bits per heavy atom. The molecule has 2 aliphatic heterocycles. The van der Waals surface area contributed by atoms with Crippen molar-refractivity contribution < 1.29 is 23.3 Å². The number of carbonyl (C=O) groups excluding carboxylic acids is 3. The normalized spacial score (nSPS) is 17.1. The minimum atomic E-state index is -1.60. The minimum absolute atomic E-state index is 0.0944. The molecule has 3 aromatic rings. The second kappa shape index (κ2) is 11.6. The summed E-state index contributed by atoms with van der Waals surface area (Å²) in [5.41, 5.74) is 4.34. The molecule has 9 heteroatoms. The SMILES string of the molecule is CCOC(=O)N1CCC(NC(=O)c2ccc3c(c2)N(Cc2cc(C)ccc2C)C(=O)c2ccccc2[S@@]3=O)CC1. The first-order valence-electron chi connectivity index (χ1n) is 13.5. The van der Waals surface area contributed by atoms with Gasteiger partial charge in [-0.25, -0.2) is 9.00 Å². The van der Waals surface area contributed by atoms with Crippen molar-refractivity contribution in [1.29, 1.82) is 0 Å². The van der Waals surface area contributed by atoms with Crippen molar-refractivity contribution in [3.05, 3.63) is 88.5 Å². The maximum absolute atomic E-state index is 13.9. The Kier molecular flexibility index (Phi) is 8.02. The second-order valence-electron chi connectivity index (χ2n) is 10.2. The van der Waals surface area contributed by atoms with Gasteiger partial charge in [-0.1, -0.05) is 35.9 Å². The van der Waals surface area contributed by atoms with Gasteiger partial charge in [0.1, 0.15) is 0 Å². The predicted octanol–water partition coefficient (Wildman–Crippen LogP) is 4.98. The monoisotopic (exact) mass is 559 g/mol. The number of likely N-dealkylation sites (tertiary alicyclic amines) is 1. The number of piperidine rings is 1. The quantitative estimate of drug-likeness (QED) is 0.476. The Bertz CT molecular complexity index is 1500. The average Bonchev–Trinajstić information content (AvgIpc) is 3.04. The third-order valence-corrected chi connectivity index (χ3v) is 8.96. The highest BCUT2D eigenvalue weighted by Crippen LogP contribution is 2.36. The van der Waals surface area contributed by atoms with E-state index in [9.17, 15) is 18.6 Å². The highest BCUT2D eigenvalue weighted by Gasteiger charge is 2.32. The summed E-state index contributed by atoms with van der Waals surface area (Å²) in [6, 6.07) is 18.0. The molecule has 0 unspecified atom stereocenters. The van der Waals surface area contributed by atoms with Crippen LogP contribution in [0.25, 0.3) is 0 Å². The third-order valence-electron chi connectivity index (χ3n) is 7.46. The van der Waals surface area contributed by atoms with Crippen molar-refractivity contribution in [1.82, 2.24) is 10.2 Å². The molecule has 3 aromatic carbocycles. The summed E-state index contributed by atoms with van der Waals surface area (Å²) in [6.45, 7) is 7.39. The topological polar surface area (TPSA) is 96.0 Å². The van der Waals surface area contributed by atoms with Crippen LogP contribution in [-0.4, -0.2) is 52.8 Å². The van der Waals surface area contributed by atoms with Gasteiger partial charge in [-0.3, -0.25) is 9.59 Å². The van der Waals surface area contributed by atoms with E-state index in [-0.39, 0.29) is 30.5 Å². The molecule has 0 bridgehead atoms. The largest absolute Gasteiger partial charge is 0.450 e. The molecule has 208 valence electrons.